The van der Waals surface area contributed by atoms with Gasteiger partial charge in [-0.1, -0.05) is 42.5 Å². The van der Waals surface area contributed by atoms with E-state index in [1.54, 1.807) is 23.2 Å². The summed E-state index contributed by atoms with van der Waals surface area (Å²) in [5.74, 6) is -1.04. The number of nitrogens with zero attached hydrogens (tertiary/aromatic N) is 3. The molecule has 0 atom stereocenters. The molecule has 6 heteroatoms. The molecule has 0 bridgehead atoms. The van der Waals surface area contributed by atoms with Crippen LogP contribution >= 0.6 is 0 Å². The van der Waals surface area contributed by atoms with E-state index in [1.807, 2.05) is 24.3 Å². The second-order valence-electron chi connectivity index (χ2n) is 7.10. The summed E-state index contributed by atoms with van der Waals surface area (Å²) in [5, 5.41) is 9.93. The van der Waals surface area contributed by atoms with Crippen LogP contribution in [0.5, 0.6) is 0 Å². The summed E-state index contributed by atoms with van der Waals surface area (Å²) < 4.78 is 0. The first-order chi connectivity index (χ1) is 14.2. The zero-order valence-corrected chi connectivity index (χ0v) is 15.6. The number of pyridine rings is 1. The van der Waals surface area contributed by atoms with Crippen LogP contribution in [0.2, 0.25) is 0 Å². The molecule has 0 saturated carbocycles. The largest absolute Gasteiger partial charge is 0.331 e. The molecule has 1 aliphatic rings. The highest BCUT2D eigenvalue weighted by atomic mass is 16.2. The number of hydrogen-bond acceptors (Lipinski definition) is 4. The molecule has 1 N–H and O–H groups in total. The fourth-order valence-electron chi connectivity index (χ4n) is 3.89. The van der Waals surface area contributed by atoms with Gasteiger partial charge in [0.25, 0.3) is 11.7 Å². The number of amides is 1. The van der Waals surface area contributed by atoms with Crippen molar-refractivity contribution in [1.29, 1.82) is 0 Å². The third kappa shape index (κ3) is 2.99. The standard InChI is InChI=1S/C23H18N4O2/c28-22(16-7-4-11-24-13-16)23(29)27-12-10-20-19(14-27)21(26-25-20)18-9-3-6-15-5-1-2-8-17(15)18/h1-9,11,13H,10,12,14H2,(H,25,26). The Balaban J connectivity index is 1.49. The Labute approximate surface area is 167 Å². The molecule has 29 heavy (non-hydrogen) atoms. The van der Waals surface area contributed by atoms with Gasteiger partial charge >= 0.3 is 0 Å². The van der Waals surface area contributed by atoms with Gasteiger partial charge in [0.2, 0.25) is 0 Å². The van der Waals surface area contributed by atoms with E-state index in [0.29, 0.717) is 25.1 Å². The number of hydrogen-bond donors (Lipinski definition) is 1. The van der Waals surface area contributed by atoms with Crippen molar-refractivity contribution in [2.45, 2.75) is 13.0 Å². The van der Waals surface area contributed by atoms with E-state index in [9.17, 15) is 9.59 Å². The van der Waals surface area contributed by atoms with Crippen molar-refractivity contribution in [2.24, 2.45) is 0 Å². The van der Waals surface area contributed by atoms with Gasteiger partial charge in [-0.3, -0.25) is 19.7 Å². The number of Topliss-reactive ketones (excluding diaryl/α,β-unsaturated/α-hetero) is 1. The summed E-state index contributed by atoms with van der Waals surface area (Å²) in [7, 11) is 0. The minimum absolute atomic E-state index is 0.310. The number of aromatic amines is 1. The summed E-state index contributed by atoms with van der Waals surface area (Å²) in [6.45, 7) is 0.838. The number of carbonyl (C=O) groups excluding carboxylic acids is 2. The van der Waals surface area contributed by atoms with Gasteiger partial charge < -0.3 is 4.90 Å². The third-order valence-corrected chi connectivity index (χ3v) is 5.38. The lowest BCUT2D eigenvalue weighted by atomic mass is 9.96. The third-order valence-electron chi connectivity index (χ3n) is 5.38. The number of aromatic nitrogens is 3. The fourth-order valence-corrected chi connectivity index (χ4v) is 3.89. The molecule has 4 aromatic rings. The van der Waals surface area contributed by atoms with E-state index in [0.717, 1.165) is 33.3 Å². The van der Waals surface area contributed by atoms with Gasteiger partial charge in [0.15, 0.2) is 0 Å². The lowest BCUT2D eigenvalue weighted by molar-refractivity contribution is -0.127. The van der Waals surface area contributed by atoms with Crippen LogP contribution in [0.15, 0.2) is 67.0 Å². The topological polar surface area (TPSA) is 79.0 Å². The molecule has 0 unspecified atom stereocenters. The van der Waals surface area contributed by atoms with E-state index in [-0.39, 0.29) is 0 Å². The van der Waals surface area contributed by atoms with Crippen LogP contribution < -0.4 is 0 Å². The second kappa shape index (κ2) is 6.98. The lowest BCUT2D eigenvalue weighted by Gasteiger charge is -2.26. The van der Waals surface area contributed by atoms with Crippen molar-refractivity contribution >= 4 is 22.5 Å². The Morgan fingerprint density at radius 3 is 2.72 bits per heavy atom. The van der Waals surface area contributed by atoms with Gasteiger partial charge in [0.1, 0.15) is 0 Å². The average Bonchev–Trinajstić information content (AvgIpc) is 3.21. The molecule has 5 rings (SSSR count). The molecule has 2 aromatic carbocycles. The van der Waals surface area contributed by atoms with E-state index in [2.05, 4.69) is 33.4 Å². The number of ketones is 1. The van der Waals surface area contributed by atoms with E-state index in [1.165, 1.54) is 6.20 Å². The van der Waals surface area contributed by atoms with Crippen molar-refractivity contribution < 1.29 is 9.59 Å². The number of fused-ring (bicyclic) bond motifs is 2. The molecule has 0 spiro atoms. The number of H-pyrrole nitrogens is 1. The first-order valence-electron chi connectivity index (χ1n) is 9.50. The van der Waals surface area contributed by atoms with Crippen LogP contribution in [-0.2, 0) is 17.8 Å². The maximum Gasteiger partial charge on any atom is 0.295 e. The summed E-state index contributed by atoms with van der Waals surface area (Å²) >= 11 is 0. The van der Waals surface area contributed by atoms with E-state index in [4.69, 9.17) is 0 Å². The maximum atomic E-state index is 12.8. The Kier molecular flexibility index (Phi) is 4.17. The Hall–Kier alpha value is -3.80. The van der Waals surface area contributed by atoms with E-state index >= 15 is 0 Å². The SMILES string of the molecule is O=C(C(=O)N1CCc2[nH]nc(-c3cccc4ccccc34)c2C1)c1cccnc1. The Morgan fingerprint density at radius 1 is 1.00 bits per heavy atom. The fraction of sp³-hybridized carbons (Fsp3) is 0.130. The number of rotatable bonds is 3. The zero-order chi connectivity index (χ0) is 19.8. The van der Waals surface area contributed by atoms with Crippen molar-refractivity contribution in [3.8, 4) is 11.3 Å². The molecule has 0 radical (unpaired) electrons. The molecule has 0 aliphatic carbocycles. The predicted octanol–water partition coefficient (Wildman–Crippen LogP) is 3.39. The van der Waals surface area contributed by atoms with Gasteiger partial charge in [-0.2, -0.15) is 5.10 Å². The molecule has 1 aliphatic heterocycles. The van der Waals surface area contributed by atoms with Crippen LogP contribution in [0, 0.1) is 0 Å². The zero-order valence-electron chi connectivity index (χ0n) is 15.6. The lowest BCUT2D eigenvalue weighted by Crippen LogP contribution is -2.40. The molecule has 2 aromatic heterocycles. The summed E-state index contributed by atoms with van der Waals surface area (Å²) in [6, 6.07) is 17.6. The van der Waals surface area contributed by atoms with Crippen LogP contribution in [0.3, 0.4) is 0 Å². The number of carbonyl (C=O) groups is 2. The first kappa shape index (κ1) is 17.3. The van der Waals surface area contributed by atoms with Crippen LogP contribution in [0.4, 0.5) is 0 Å². The maximum absolute atomic E-state index is 12.8. The Morgan fingerprint density at radius 2 is 1.86 bits per heavy atom. The monoisotopic (exact) mass is 382 g/mol. The number of benzene rings is 2. The van der Waals surface area contributed by atoms with Gasteiger partial charge in [0.05, 0.1) is 12.2 Å². The molecule has 6 nitrogen and oxygen atoms in total. The van der Waals surface area contributed by atoms with Gasteiger partial charge in [-0.25, -0.2) is 0 Å². The van der Waals surface area contributed by atoms with Gasteiger partial charge in [-0.05, 0) is 22.9 Å². The second-order valence-corrected chi connectivity index (χ2v) is 7.10. The van der Waals surface area contributed by atoms with Crippen molar-refractivity contribution in [1.82, 2.24) is 20.1 Å². The molecule has 3 heterocycles. The quantitative estimate of drug-likeness (QED) is 0.435. The predicted molar refractivity (Wildman–Crippen MR) is 109 cm³/mol. The van der Waals surface area contributed by atoms with Crippen LogP contribution in [0.25, 0.3) is 22.0 Å². The minimum atomic E-state index is -0.531. The smallest absolute Gasteiger partial charge is 0.295 e. The molecular weight excluding hydrogens is 364 g/mol. The highest BCUT2D eigenvalue weighted by Gasteiger charge is 2.30. The van der Waals surface area contributed by atoms with Gasteiger partial charge in [-0.15, -0.1) is 0 Å². The summed E-state index contributed by atoms with van der Waals surface area (Å²) in [6.07, 6.45) is 3.64. The first-order valence-corrected chi connectivity index (χ1v) is 9.50. The molecular formula is C23H18N4O2. The summed E-state index contributed by atoms with van der Waals surface area (Å²) in [4.78, 5) is 30.9. The Bertz CT molecular complexity index is 1220. The molecule has 0 fully saturated rings. The van der Waals surface area contributed by atoms with Gasteiger partial charge in [0, 0.05) is 47.7 Å². The summed E-state index contributed by atoms with van der Waals surface area (Å²) in [5.41, 5.74) is 4.16. The van der Waals surface area contributed by atoms with Crippen LogP contribution in [0.1, 0.15) is 21.6 Å². The molecule has 0 saturated heterocycles. The van der Waals surface area contributed by atoms with Crippen molar-refractivity contribution in [2.75, 3.05) is 6.54 Å². The van der Waals surface area contributed by atoms with Crippen molar-refractivity contribution in [3.63, 3.8) is 0 Å². The highest BCUT2D eigenvalue weighted by molar-refractivity contribution is 6.42. The van der Waals surface area contributed by atoms with Crippen molar-refractivity contribution in [3.05, 3.63) is 83.8 Å². The minimum Gasteiger partial charge on any atom is -0.331 e. The normalized spacial score (nSPS) is 13.3. The number of nitrogens with one attached hydrogen (secondary N) is 1. The van der Waals surface area contributed by atoms with E-state index < -0.39 is 11.7 Å². The van der Waals surface area contributed by atoms with Crippen LogP contribution in [-0.4, -0.2) is 38.3 Å². The molecule has 1 amide bonds. The molecule has 142 valence electrons. The highest BCUT2D eigenvalue weighted by Crippen LogP contribution is 2.33. The average molecular weight is 382 g/mol.